The van der Waals surface area contributed by atoms with Crippen molar-refractivity contribution in [2.24, 2.45) is 0 Å². The predicted molar refractivity (Wildman–Crippen MR) is 65.9 cm³/mol. The lowest BCUT2D eigenvalue weighted by molar-refractivity contribution is 0.443. The molecule has 1 unspecified atom stereocenters. The number of nitrogens with one attached hydrogen (secondary N) is 1. The second-order valence-electron chi connectivity index (χ2n) is 3.99. The third-order valence-corrected chi connectivity index (χ3v) is 3.68. The third kappa shape index (κ3) is 2.91. The molecule has 1 aromatic heterocycles. The molecule has 0 saturated heterocycles. The van der Waals surface area contributed by atoms with Crippen LogP contribution in [0.25, 0.3) is 0 Å². The maximum Gasteiger partial charge on any atom is 0.194 e. The Morgan fingerprint density at radius 1 is 1.22 bits per heavy atom. The largest absolute Gasteiger partial charge is 0.305 e. The quantitative estimate of drug-likeness (QED) is 0.828. The van der Waals surface area contributed by atoms with Crippen molar-refractivity contribution in [1.82, 2.24) is 5.32 Å². The van der Waals surface area contributed by atoms with Gasteiger partial charge in [-0.15, -0.1) is 11.3 Å². The van der Waals surface area contributed by atoms with Crippen molar-refractivity contribution in [2.45, 2.75) is 19.5 Å². The topological polar surface area (TPSA) is 12.0 Å². The van der Waals surface area contributed by atoms with Gasteiger partial charge in [-0.2, -0.15) is 0 Å². The molecule has 0 fully saturated rings. The first-order chi connectivity index (χ1) is 8.58. The lowest BCUT2D eigenvalue weighted by Crippen LogP contribution is -2.17. The lowest BCUT2D eigenvalue weighted by atomic mass is 10.2. The van der Waals surface area contributed by atoms with Crippen LogP contribution in [-0.4, -0.2) is 0 Å². The molecule has 0 amide bonds. The van der Waals surface area contributed by atoms with Crippen LogP contribution in [0.1, 0.15) is 23.4 Å². The fourth-order valence-corrected chi connectivity index (χ4v) is 2.38. The van der Waals surface area contributed by atoms with E-state index < -0.39 is 17.5 Å². The van der Waals surface area contributed by atoms with Gasteiger partial charge in [0, 0.05) is 17.5 Å². The maximum absolute atomic E-state index is 13.0. The van der Waals surface area contributed by atoms with Crippen LogP contribution in [0.4, 0.5) is 13.2 Å². The van der Waals surface area contributed by atoms with Crippen LogP contribution >= 0.6 is 11.3 Å². The summed E-state index contributed by atoms with van der Waals surface area (Å²) in [5.74, 6) is -3.74. The average molecular weight is 271 g/mol. The lowest BCUT2D eigenvalue weighted by Gasteiger charge is -2.12. The van der Waals surface area contributed by atoms with Gasteiger partial charge in [0.2, 0.25) is 0 Å². The highest BCUT2D eigenvalue weighted by Gasteiger charge is 2.11. The minimum atomic E-state index is -1.43. The Bertz CT molecular complexity index is 502. The van der Waals surface area contributed by atoms with Crippen molar-refractivity contribution in [2.75, 3.05) is 0 Å². The van der Waals surface area contributed by atoms with Crippen LogP contribution in [0.3, 0.4) is 0 Å². The van der Waals surface area contributed by atoms with E-state index in [1.54, 1.807) is 11.3 Å². The molecule has 1 atom stereocenters. The zero-order valence-corrected chi connectivity index (χ0v) is 10.5. The van der Waals surface area contributed by atoms with Gasteiger partial charge in [0.05, 0.1) is 0 Å². The fraction of sp³-hybridized carbons (Fsp3) is 0.231. The van der Waals surface area contributed by atoms with E-state index in [2.05, 4.69) is 5.32 Å². The van der Waals surface area contributed by atoms with Gasteiger partial charge in [-0.1, -0.05) is 6.07 Å². The molecule has 0 bridgehead atoms. The summed E-state index contributed by atoms with van der Waals surface area (Å²) in [5.41, 5.74) is 0.384. The van der Waals surface area contributed by atoms with Crippen molar-refractivity contribution < 1.29 is 13.2 Å². The Balaban J connectivity index is 2.02. The molecule has 0 saturated carbocycles. The molecule has 0 aliphatic carbocycles. The third-order valence-electron chi connectivity index (χ3n) is 2.63. The molecule has 2 aromatic rings. The molecule has 0 aliphatic rings. The second-order valence-corrected chi connectivity index (χ2v) is 4.97. The van der Waals surface area contributed by atoms with Gasteiger partial charge >= 0.3 is 0 Å². The van der Waals surface area contributed by atoms with E-state index in [1.807, 2.05) is 24.4 Å². The van der Waals surface area contributed by atoms with Gasteiger partial charge in [0.1, 0.15) is 0 Å². The number of halogens is 3. The van der Waals surface area contributed by atoms with Crippen LogP contribution in [0, 0.1) is 17.5 Å². The Morgan fingerprint density at radius 2 is 1.89 bits per heavy atom. The fourth-order valence-electron chi connectivity index (χ4n) is 1.62. The summed E-state index contributed by atoms with van der Waals surface area (Å²) in [4.78, 5) is 1.14. The molecule has 5 heteroatoms. The molecule has 1 heterocycles. The van der Waals surface area contributed by atoms with Gasteiger partial charge in [-0.3, -0.25) is 0 Å². The number of hydrogen-bond acceptors (Lipinski definition) is 2. The highest BCUT2D eigenvalue weighted by Crippen LogP contribution is 2.19. The first kappa shape index (κ1) is 13.1. The summed E-state index contributed by atoms with van der Waals surface area (Å²) >= 11 is 1.60. The summed E-state index contributed by atoms with van der Waals surface area (Å²) in [6.45, 7) is 2.25. The maximum atomic E-state index is 13.0. The first-order valence-electron chi connectivity index (χ1n) is 5.48. The van der Waals surface area contributed by atoms with E-state index in [9.17, 15) is 13.2 Å². The molecule has 96 valence electrons. The predicted octanol–water partition coefficient (Wildman–Crippen LogP) is 4.02. The first-order valence-corrected chi connectivity index (χ1v) is 6.36. The second kappa shape index (κ2) is 5.54. The molecule has 1 N–H and O–H groups in total. The van der Waals surface area contributed by atoms with E-state index in [1.165, 1.54) is 0 Å². The van der Waals surface area contributed by atoms with Gasteiger partial charge < -0.3 is 5.32 Å². The van der Waals surface area contributed by atoms with Gasteiger partial charge in [-0.25, -0.2) is 13.2 Å². The number of rotatable bonds is 4. The average Bonchev–Trinajstić information content (AvgIpc) is 2.86. The van der Waals surface area contributed by atoms with Gasteiger partial charge in [0.25, 0.3) is 0 Å². The Hall–Kier alpha value is -1.33. The minimum absolute atomic E-state index is 0.0844. The van der Waals surface area contributed by atoms with Crippen molar-refractivity contribution in [3.8, 4) is 0 Å². The summed E-state index contributed by atoms with van der Waals surface area (Å²) in [6.07, 6.45) is 0. The Kier molecular flexibility index (Phi) is 4.04. The molecule has 2 rings (SSSR count). The molecule has 1 nitrogen and oxygen atoms in total. The number of thiophene rings is 1. The van der Waals surface area contributed by atoms with Crippen molar-refractivity contribution in [3.63, 3.8) is 0 Å². The molecule has 0 radical (unpaired) electrons. The van der Waals surface area contributed by atoms with E-state index in [-0.39, 0.29) is 12.6 Å². The summed E-state index contributed by atoms with van der Waals surface area (Å²) in [5, 5.41) is 5.09. The van der Waals surface area contributed by atoms with Crippen LogP contribution in [0.15, 0.2) is 29.6 Å². The molecule has 0 aliphatic heterocycles. The van der Waals surface area contributed by atoms with Crippen LogP contribution in [0.5, 0.6) is 0 Å². The molecular weight excluding hydrogens is 259 g/mol. The minimum Gasteiger partial charge on any atom is -0.305 e. The monoisotopic (exact) mass is 271 g/mol. The van der Waals surface area contributed by atoms with E-state index in [0.717, 1.165) is 17.0 Å². The van der Waals surface area contributed by atoms with Gasteiger partial charge in [0.15, 0.2) is 17.5 Å². The van der Waals surface area contributed by atoms with Crippen molar-refractivity contribution in [3.05, 3.63) is 57.5 Å². The standard InChI is InChI=1S/C13H12F3NS/c1-8(12-3-2-4-18-12)17-7-9-5-10(14)13(16)11(15)6-9/h2-6,8,17H,7H2,1H3. The highest BCUT2D eigenvalue weighted by atomic mass is 32.1. The zero-order chi connectivity index (χ0) is 13.1. The Morgan fingerprint density at radius 3 is 2.44 bits per heavy atom. The normalized spacial score (nSPS) is 12.7. The summed E-state index contributed by atoms with van der Waals surface area (Å²) < 4.78 is 38.8. The van der Waals surface area contributed by atoms with Crippen molar-refractivity contribution >= 4 is 11.3 Å². The number of benzene rings is 1. The summed E-state index contributed by atoms with van der Waals surface area (Å²) in [6, 6.07) is 6.02. The molecule has 0 spiro atoms. The van der Waals surface area contributed by atoms with Gasteiger partial charge in [-0.05, 0) is 36.1 Å². The number of hydrogen-bond donors (Lipinski definition) is 1. The van der Waals surface area contributed by atoms with Crippen LogP contribution in [-0.2, 0) is 6.54 Å². The van der Waals surface area contributed by atoms with Crippen LogP contribution < -0.4 is 5.32 Å². The van der Waals surface area contributed by atoms with Crippen molar-refractivity contribution in [1.29, 1.82) is 0 Å². The van der Waals surface area contributed by atoms with E-state index >= 15 is 0 Å². The highest BCUT2D eigenvalue weighted by molar-refractivity contribution is 7.10. The van der Waals surface area contributed by atoms with E-state index in [0.29, 0.717) is 5.56 Å². The Labute approximate surface area is 107 Å². The molecule has 1 aromatic carbocycles. The SMILES string of the molecule is CC(NCc1cc(F)c(F)c(F)c1)c1cccs1. The molecule has 18 heavy (non-hydrogen) atoms. The molecular formula is C13H12F3NS. The van der Waals surface area contributed by atoms with E-state index in [4.69, 9.17) is 0 Å². The smallest absolute Gasteiger partial charge is 0.194 e. The zero-order valence-electron chi connectivity index (χ0n) is 9.71. The summed E-state index contributed by atoms with van der Waals surface area (Å²) in [7, 11) is 0. The van der Waals surface area contributed by atoms with Crippen LogP contribution in [0.2, 0.25) is 0 Å².